The van der Waals surface area contributed by atoms with E-state index in [2.05, 4.69) is 26.1 Å². The van der Waals surface area contributed by atoms with E-state index in [9.17, 15) is 13.2 Å². The molecule has 7 heteroatoms. The van der Waals surface area contributed by atoms with E-state index in [1.165, 1.54) is 0 Å². The average molecular weight is 360 g/mol. The van der Waals surface area contributed by atoms with Crippen molar-refractivity contribution in [2.75, 3.05) is 0 Å². The van der Waals surface area contributed by atoms with Gasteiger partial charge in [-0.2, -0.15) is 0 Å². The molecule has 0 saturated heterocycles. The minimum absolute atomic E-state index is 0.0220. The summed E-state index contributed by atoms with van der Waals surface area (Å²) >= 11 is 3.38. The highest BCUT2D eigenvalue weighted by atomic mass is 79.9. The van der Waals surface area contributed by atoms with Gasteiger partial charge in [-0.3, -0.25) is 0 Å². The van der Waals surface area contributed by atoms with E-state index >= 15 is 0 Å². The summed E-state index contributed by atoms with van der Waals surface area (Å²) in [7, 11) is 0. The maximum atomic E-state index is 13.1. The van der Waals surface area contributed by atoms with Gasteiger partial charge in [0.25, 0.3) is 0 Å². The van der Waals surface area contributed by atoms with Crippen LogP contribution in [0.1, 0.15) is 31.2 Å². The van der Waals surface area contributed by atoms with Crippen molar-refractivity contribution in [1.82, 2.24) is 14.8 Å². The summed E-state index contributed by atoms with van der Waals surface area (Å²) in [6.07, 6.45) is -2.48. The molecule has 1 aliphatic rings. The van der Waals surface area contributed by atoms with Gasteiger partial charge in [0.15, 0.2) is 5.82 Å². The van der Waals surface area contributed by atoms with Gasteiger partial charge in [0, 0.05) is 4.47 Å². The number of aromatic nitrogens is 3. The average Bonchev–Trinajstić information content (AvgIpc) is 2.83. The molecule has 1 aromatic heterocycles. The van der Waals surface area contributed by atoms with Crippen LogP contribution in [0.3, 0.4) is 0 Å². The van der Waals surface area contributed by atoms with Crippen LogP contribution in [0.25, 0.3) is 0 Å². The Morgan fingerprint density at radius 3 is 2.62 bits per heavy atom. The monoisotopic (exact) mass is 359 g/mol. The summed E-state index contributed by atoms with van der Waals surface area (Å²) in [6, 6.07) is 7.40. The van der Waals surface area contributed by atoms with Crippen LogP contribution in [0.4, 0.5) is 13.2 Å². The molecule has 0 spiro atoms. The maximum absolute atomic E-state index is 13.1. The van der Waals surface area contributed by atoms with Gasteiger partial charge in [-0.15, -0.1) is 23.4 Å². The molecular formula is C14H13BrF3N3. The Labute approximate surface area is 128 Å². The van der Waals surface area contributed by atoms with Crippen LogP contribution < -0.4 is 0 Å². The number of benzene rings is 1. The second kappa shape index (κ2) is 4.83. The fourth-order valence-electron chi connectivity index (χ4n) is 3.21. The Hall–Kier alpha value is -1.37. The van der Waals surface area contributed by atoms with Crippen LogP contribution in [0.5, 0.6) is 0 Å². The molecule has 0 unspecified atom stereocenters. The van der Waals surface area contributed by atoms with E-state index in [4.69, 9.17) is 0 Å². The molecule has 1 fully saturated rings. The van der Waals surface area contributed by atoms with Gasteiger partial charge in [0.1, 0.15) is 6.33 Å². The van der Waals surface area contributed by atoms with Gasteiger partial charge in [-0.05, 0) is 36.5 Å². The minimum atomic E-state index is -4.50. The van der Waals surface area contributed by atoms with E-state index in [-0.39, 0.29) is 10.4 Å². The lowest BCUT2D eigenvalue weighted by Gasteiger charge is -2.46. The molecule has 0 aliphatic heterocycles. The zero-order chi connectivity index (χ0) is 15.3. The van der Waals surface area contributed by atoms with Crippen molar-refractivity contribution >= 4 is 15.9 Å². The molecule has 1 aromatic carbocycles. The highest BCUT2D eigenvalue weighted by Gasteiger charge is 2.51. The lowest BCUT2D eigenvalue weighted by Crippen LogP contribution is -2.44. The summed E-state index contributed by atoms with van der Waals surface area (Å²) < 4.78 is 40.5. The topological polar surface area (TPSA) is 30.7 Å². The summed E-state index contributed by atoms with van der Waals surface area (Å²) in [6.45, 7) is 2.03. The molecule has 0 radical (unpaired) electrons. The van der Waals surface area contributed by atoms with E-state index in [0.717, 1.165) is 16.4 Å². The normalized spacial score (nSPS) is 25.7. The van der Waals surface area contributed by atoms with Crippen molar-refractivity contribution < 1.29 is 13.2 Å². The number of nitrogens with zero attached hydrogens (tertiary/aromatic N) is 3. The SMILES string of the molecule is CC1CC(c2cccc(Br)c2)(c2nncn2C(F)(F)F)C1. The Balaban J connectivity index is 2.14. The van der Waals surface area contributed by atoms with Gasteiger partial charge >= 0.3 is 6.30 Å². The zero-order valence-electron chi connectivity index (χ0n) is 11.2. The summed E-state index contributed by atoms with van der Waals surface area (Å²) in [5.41, 5.74) is 0.128. The number of halogens is 4. The predicted octanol–water partition coefficient (Wildman–Crippen LogP) is 4.23. The van der Waals surface area contributed by atoms with Gasteiger partial charge < -0.3 is 0 Å². The minimum Gasteiger partial charge on any atom is -0.225 e. The number of rotatable bonds is 2. The first kappa shape index (κ1) is 14.6. The van der Waals surface area contributed by atoms with Crippen LogP contribution >= 0.6 is 15.9 Å². The lowest BCUT2D eigenvalue weighted by molar-refractivity contribution is -0.207. The van der Waals surface area contributed by atoms with Gasteiger partial charge in [0.2, 0.25) is 0 Å². The molecule has 3 rings (SSSR count). The molecule has 2 aromatic rings. The van der Waals surface area contributed by atoms with Gasteiger partial charge in [0.05, 0.1) is 5.41 Å². The second-order valence-electron chi connectivity index (χ2n) is 5.60. The van der Waals surface area contributed by atoms with Crippen LogP contribution in [0.2, 0.25) is 0 Å². The zero-order valence-corrected chi connectivity index (χ0v) is 12.8. The highest BCUT2D eigenvalue weighted by Crippen LogP contribution is 2.52. The molecule has 112 valence electrons. The second-order valence-corrected chi connectivity index (χ2v) is 6.51. The molecule has 1 saturated carbocycles. The lowest BCUT2D eigenvalue weighted by atomic mass is 9.58. The third-order valence-electron chi connectivity index (χ3n) is 4.02. The molecule has 3 nitrogen and oxygen atoms in total. The first-order chi connectivity index (χ1) is 9.83. The summed E-state index contributed by atoms with van der Waals surface area (Å²) in [5.74, 6) is 0.341. The molecule has 0 atom stereocenters. The van der Waals surface area contributed by atoms with Gasteiger partial charge in [-0.25, -0.2) is 4.57 Å². The molecule has 0 amide bonds. The summed E-state index contributed by atoms with van der Waals surface area (Å²) in [5, 5.41) is 7.29. The standard InChI is InChI=1S/C14H13BrF3N3/c1-9-6-13(7-9,10-3-2-4-11(15)5-10)12-20-19-8-21(12)14(16,17)18/h2-5,8-9H,6-7H2,1H3. The number of hydrogen-bond donors (Lipinski definition) is 0. The number of alkyl halides is 3. The van der Waals surface area contributed by atoms with Crippen LogP contribution in [0, 0.1) is 5.92 Å². The Morgan fingerprint density at radius 2 is 2.05 bits per heavy atom. The Kier molecular flexibility index (Phi) is 3.35. The molecule has 0 N–H and O–H groups in total. The van der Waals surface area contributed by atoms with Crippen molar-refractivity contribution in [3.05, 3.63) is 46.5 Å². The van der Waals surface area contributed by atoms with E-state index < -0.39 is 11.7 Å². The fraction of sp³-hybridized carbons (Fsp3) is 0.429. The van der Waals surface area contributed by atoms with E-state index in [1.807, 2.05) is 31.2 Å². The molecule has 21 heavy (non-hydrogen) atoms. The first-order valence-electron chi connectivity index (χ1n) is 6.57. The molecule has 1 aliphatic carbocycles. The molecule has 1 heterocycles. The third kappa shape index (κ3) is 2.37. The quantitative estimate of drug-likeness (QED) is 0.803. The first-order valence-corrected chi connectivity index (χ1v) is 7.36. The van der Waals surface area contributed by atoms with Gasteiger partial charge in [-0.1, -0.05) is 35.0 Å². The molecular weight excluding hydrogens is 347 g/mol. The third-order valence-corrected chi connectivity index (χ3v) is 4.51. The highest BCUT2D eigenvalue weighted by molar-refractivity contribution is 9.10. The van der Waals surface area contributed by atoms with Crippen molar-refractivity contribution in [2.45, 2.75) is 31.5 Å². The largest absolute Gasteiger partial charge is 0.491 e. The number of hydrogen-bond acceptors (Lipinski definition) is 2. The van der Waals surface area contributed by atoms with Crippen molar-refractivity contribution in [3.8, 4) is 0 Å². The fourth-order valence-corrected chi connectivity index (χ4v) is 3.61. The van der Waals surface area contributed by atoms with E-state index in [0.29, 0.717) is 18.8 Å². The predicted molar refractivity (Wildman–Crippen MR) is 74.6 cm³/mol. The molecule has 0 bridgehead atoms. The van der Waals surface area contributed by atoms with E-state index in [1.54, 1.807) is 0 Å². The summed E-state index contributed by atoms with van der Waals surface area (Å²) in [4.78, 5) is 0. The van der Waals surface area contributed by atoms with Crippen LogP contribution in [-0.2, 0) is 11.7 Å². The maximum Gasteiger partial charge on any atom is 0.491 e. The Morgan fingerprint density at radius 1 is 1.33 bits per heavy atom. The van der Waals surface area contributed by atoms with Crippen LogP contribution in [0.15, 0.2) is 35.1 Å². The Bertz CT molecular complexity index is 659. The van der Waals surface area contributed by atoms with Crippen molar-refractivity contribution in [2.24, 2.45) is 5.92 Å². The van der Waals surface area contributed by atoms with Crippen molar-refractivity contribution in [1.29, 1.82) is 0 Å². The van der Waals surface area contributed by atoms with Crippen LogP contribution in [-0.4, -0.2) is 14.8 Å². The van der Waals surface area contributed by atoms with Crippen molar-refractivity contribution in [3.63, 3.8) is 0 Å². The smallest absolute Gasteiger partial charge is 0.225 e.